The number of nitro groups is 1. The summed E-state index contributed by atoms with van der Waals surface area (Å²) in [6.45, 7) is 1.38. The van der Waals surface area contributed by atoms with E-state index in [0.717, 1.165) is 6.07 Å². The Morgan fingerprint density at radius 3 is 2.71 bits per heavy atom. The van der Waals surface area contributed by atoms with Gasteiger partial charge in [0.1, 0.15) is 6.10 Å². The average molecular weight is 198 g/mol. The van der Waals surface area contributed by atoms with Crippen LogP contribution >= 0.6 is 0 Å². The number of pyridine rings is 1. The maximum atomic E-state index is 10.4. The lowest BCUT2D eigenvalue weighted by Gasteiger charge is -2.11. The van der Waals surface area contributed by atoms with Crippen molar-refractivity contribution < 1.29 is 15.1 Å². The lowest BCUT2D eigenvalue weighted by atomic mass is 10.1. The molecule has 76 valence electrons. The number of aliphatic hydroxyl groups excluding tert-OH is 2. The molecule has 1 rings (SSSR count). The first-order chi connectivity index (χ1) is 6.52. The van der Waals surface area contributed by atoms with Crippen molar-refractivity contribution in [3.05, 3.63) is 34.1 Å². The van der Waals surface area contributed by atoms with E-state index in [9.17, 15) is 15.2 Å². The van der Waals surface area contributed by atoms with Crippen LogP contribution in [0.1, 0.15) is 18.7 Å². The van der Waals surface area contributed by atoms with E-state index < -0.39 is 17.1 Å². The van der Waals surface area contributed by atoms with E-state index in [4.69, 9.17) is 5.11 Å². The highest BCUT2D eigenvalue weighted by Gasteiger charge is 2.17. The van der Waals surface area contributed by atoms with Crippen LogP contribution in [0.3, 0.4) is 0 Å². The summed E-state index contributed by atoms with van der Waals surface area (Å²) in [4.78, 5) is 13.5. The first kappa shape index (κ1) is 10.6. The zero-order chi connectivity index (χ0) is 10.7. The summed E-state index contributed by atoms with van der Waals surface area (Å²) in [5.41, 5.74) is -0.0658. The molecule has 1 aromatic heterocycles. The van der Waals surface area contributed by atoms with Gasteiger partial charge in [0.15, 0.2) is 0 Å². The van der Waals surface area contributed by atoms with Gasteiger partial charge in [0.05, 0.1) is 16.7 Å². The topological polar surface area (TPSA) is 96.5 Å². The van der Waals surface area contributed by atoms with Gasteiger partial charge in [0.2, 0.25) is 0 Å². The SMILES string of the molecule is C[C@@H](O)[C@H](O)c1cc([N+](=O)[O-])ccn1. The van der Waals surface area contributed by atoms with E-state index in [1.165, 1.54) is 19.2 Å². The van der Waals surface area contributed by atoms with Gasteiger partial charge in [0, 0.05) is 18.3 Å². The fraction of sp³-hybridized carbons (Fsp3) is 0.375. The van der Waals surface area contributed by atoms with Crippen molar-refractivity contribution >= 4 is 5.69 Å². The quantitative estimate of drug-likeness (QED) is 0.541. The normalized spacial score (nSPS) is 14.8. The number of aliphatic hydroxyl groups is 2. The van der Waals surface area contributed by atoms with Crippen molar-refractivity contribution in [2.45, 2.75) is 19.1 Å². The number of rotatable bonds is 3. The maximum absolute atomic E-state index is 10.4. The summed E-state index contributed by atoms with van der Waals surface area (Å²) in [7, 11) is 0. The second-order valence-electron chi connectivity index (χ2n) is 2.88. The Kier molecular flexibility index (Phi) is 3.10. The van der Waals surface area contributed by atoms with Crippen molar-refractivity contribution in [3.8, 4) is 0 Å². The molecule has 0 aliphatic rings. The van der Waals surface area contributed by atoms with Crippen molar-refractivity contribution in [2.75, 3.05) is 0 Å². The Bertz CT molecular complexity index is 340. The molecule has 2 N–H and O–H groups in total. The highest BCUT2D eigenvalue weighted by Crippen LogP contribution is 2.18. The Labute approximate surface area is 80.0 Å². The van der Waals surface area contributed by atoms with Crippen LogP contribution in [0.4, 0.5) is 5.69 Å². The molecule has 0 aliphatic heterocycles. The van der Waals surface area contributed by atoms with Gasteiger partial charge in [-0.25, -0.2) is 0 Å². The van der Waals surface area contributed by atoms with E-state index in [1.807, 2.05) is 0 Å². The van der Waals surface area contributed by atoms with Crippen LogP contribution < -0.4 is 0 Å². The van der Waals surface area contributed by atoms with Gasteiger partial charge in [0.25, 0.3) is 5.69 Å². The number of hydrogen-bond acceptors (Lipinski definition) is 5. The summed E-state index contributed by atoms with van der Waals surface area (Å²) in [6.07, 6.45) is -0.988. The Balaban J connectivity index is 2.99. The smallest absolute Gasteiger partial charge is 0.272 e. The molecule has 14 heavy (non-hydrogen) atoms. The minimum atomic E-state index is -1.20. The third-order valence-electron chi connectivity index (χ3n) is 1.74. The van der Waals surface area contributed by atoms with Crippen LogP contribution in [-0.2, 0) is 0 Å². The van der Waals surface area contributed by atoms with Gasteiger partial charge in [-0.05, 0) is 6.92 Å². The summed E-state index contributed by atoms with van der Waals surface area (Å²) in [5, 5.41) is 28.8. The summed E-state index contributed by atoms with van der Waals surface area (Å²) in [5.74, 6) is 0. The molecule has 6 nitrogen and oxygen atoms in total. The largest absolute Gasteiger partial charge is 0.390 e. The molecule has 0 radical (unpaired) electrons. The van der Waals surface area contributed by atoms with Crippen LogP contribution in [0.2, 0.25) is 0 Å². The molecule has 1 heterocycles. The van der Waals surface area contributed by atoms with Gasteiger partial charge < -0.3 is 10.2 Å². The molecule has 2 atom stereocenters. The van der Waals surface area contributed by atoms with Crippen LogP contribution in [-0.4, -0.2) is 26.2 Å². The lowest BCUT2D eigenvalue weighted by Crippen LogP contribution is -2.15. The Morgan fingerprint density at radius 1 is 1.57 bits per heavy atom. The van der Waals surface area contributed by atoms with E-state index in [0.29, 0.717) is 0 Å². The second-order valence-corrected chi connectivity index (χ2v) is 2.88. The third-order valence-corrected chi connectivity index (χ3v) is 1.74. The predicted molar refractivity (Wildman–Crippen MR) is 47.5 cm³/mol. The molecule has 0 saturated heterocycles. The average Bonchev–Trinajstić information content (AvgIpc) is 2.16. The molecule has 0 saturated carbocycles. The first-order valence-corrected chi connectivity index (χ1v) is 3.99. The van der Waals surface area contributed by atoms with Gasteiger partial charge in [-0.2, -0.15) is 0 Å². The Hall–Kier alpha value is -1.53. The molecule has 0 unspecified atom stereocenters. The molecule has 0 spiro atoms. The fourth-order valence-corrected chi connectivity index (χ4v) is 0.959. The first-order valence-electron chi connectivity index (χ1n) is 3.99. The molecular weight excluding hydrogens is 188 g/mol. The van der Waals surface area contributed by atoms with E-state index >= 15 is 0 Å². The van der Waals surface area contributed by atoms with Crippen LogP contribution in [0.15, 0.2) is 18.3 Å². The zero-order valence-corrected chi connectivity index (χ0v) is 7.49. The fourth-order valence-electron chi connectivity index (χ4n) is 0.959. The number of aromatic nitrogens is 1. The second kappa shape index (κ2) is 4.12. The lowest BCUT2D eigenvalue weighted by molar-refractivity contribution is -0.385. The summed E-state index contributed by atoms with van der Waals surface area (Å²) >= 11 is 0. The number of nitrogens with zero attached hydrogens (tertiary/aromatic N) is 2. The van der Waals surface area contributed by atoms with E-state index in [-0.39, 0.29) is 11.4 Å². The summed E-state index contributed by atoms with van der Waals surface area (Å²) < 4.78 is 0. The van der Waals surface area contributed by atoms with Crippen LogP contribution in [0.5, 0.6) is 0 Å². The van der Waals surface area contributed by atoms with Gasteiger partial charge in [-0.15, -0.1) is 0 Å². The molecule has 0 aliphatic carbocycles. The minimum absolute atomic E-state index is 0.0919. The monoisotopic (exact) mass is 198 g/mol. The van der Waals surface area contributed by atoms with Crippen LogP contribution in [0, 0.1) is 10.1 Å². The predicted octanol–water partition coefficient (Wildman–Crippen LogP) is 0.404. The zero-order valence-electron chi connectivity index (χ0n) is 7.49. The Morgan fingerprint density at radius 2 is 2.21 bits per heavy atom. The highest BCUT2D eigenvalue weighted by molar-refractivity contribution is 5.30. The molecule has 1 aromatic rings. The molecule has 0 aromatic carbocycles. The standard InChI is InChI=1S/C8H10N2O4/c1-5(11)8(12)7-4-6(10(13)14)2-3-9-7/h2-5,8,11-12H,1H3/t5-,8+/m1/s1. The molecule has 6 heteroatoms. The van der Waals surface area contributed by atoms with Crippen LogP contribution in [0.25, 0.3) is 0 Å². The van der Waals surface area contributed by atoms with Crippen molar-refractivity contribution in [1.82, 2.24) is 4.98 Å². The third kappa shape index (κ3) is 2.24. The van der Waals surface area contributed by atoms with Gasteiger partial charge >= 0.3 is 0 Å². The molecule has 0 bridgehead atoms. The van der Waals surface area contributed by atoms with Crippen molar-refractivity contribution in [3.63, 3.8) is 0 Å². The molecular formula is C8H10N2O4. The van der Waals surface area contributed by atoms with Gasteiger partial charge in [-0.1, -0.05) is 0 Å². The maximum Gasteiger partial charge on any atom is 0.272 e. The highest BCUT2D eigenvalue weighted by atomic mass is 16.6. The number of hydrogen-bond donors (Lipinski definition) is 2. The summed E-state index contributed by atoms with van der Waals surface area (Å²) in [6, 6.07) is 2.36. The molecule has 0 amide bonds. The van der Waals surface area contributed by atoms with E-state index in [1.54, 1.807) is 0 Å². The van der Waals surface area contributed by atoms with Crippen molar-refractivity contribution in [1.29, 1.82) is 0 Å². The van der Waals surface area contributed by atoms with Gasteiger partial charge in [-0.3, -0.25) is 15.1 Å². The van der Waals surface area contributed by atoms with E-state index in [2.05, 4.69) is 4.98 Å². The molecule has 0 fully saturated rings. The van der Waals surface area contributed by atoms with Crippen molar-refractivity contribution in [2.24, 2.45) is 0 Å². The minimum Gasteiger partial charge on any atom is -0.390 e.